The fourth-order valence-electron chi connectivity index (χ4n) is 4.90. The summed E-state index contributed by atoms with van der Waals surface area (Å²) in [7, 11) is 0. The first-order chi connectivity index (χ1) is 16.4. The standard InChI is InChI=1S/C26H29Cl3N2O3/c27-19-8-10-20(11-9-19)34-18-26(16-23(32)30-13-2-1-3-14-30)12-5-15-31(17-26)25(33)24-21(28)6-4-7-22(24)29/h4,6-11H,1-3,5,12-18H2. The number of amides is 2. The van der Waals surface area contributed by atoms with Gasteiger partial charge < -0.3 is 14.5 Å². The zero-order valence-corrected chi connectivity index (χ0v) is 21.3. The Balaban J connectivity index is 1.56. The van der Waals surface area contributed by atoms with Crippen LogP contribution in [0, 0.1) is 5.41 Å². The van der Waals surface area contributed by atoms with E-state index in [1.165, 1.54) is 0 Å². The molecule has 34 heavy (non-hydrogen) atoms. The van der Waals surface area contributed by atoms with Gasteiger partial charge in [0.05, 0.1) is 22.2 Å². The number of hydrogen-bond acceptors (Lipinski definition) is 3. The van der Waals surface area contributed by atoms with Gasteiger partial charge in [-0.2, -0.15) is 0 Å². The quantitative estimate of drug-likeness (QED) is 0.443. The molecule has 0 saturated carbocycles. The molecule has 1 atom stereocenters. The van der Waals surface area contributed by atoms with E-state index in [0.717, 1.165) is 45.2 Å². The third-order valence-electron chi connectivity index (χ3n) is 6.72. The largest absolute Gasteiger partial charge is 0.493 e. The second-order valence-electron chi connectivity index (χ2n) is 9.29. The first-order valence-corrected chi connectivity index (χ1v) is 12.9. The topological polar surface area (TPSA) is 49.9 Å². The van der Waals surface area contributed by atoms with Gasteiger partial charge in [-0.15, -0.1) is 0 Å². The summed E-state index contributed by atoms with van der Waals surface area (Å²) >= 11 is 18.7. The lowest BCUT2D eigenvalue weighted by Crippen LogP contribution is -2.51. The zero-order chi connectivity index (χ0) is 24.1. The molecule has 0 aromatic heterocycles. The molecule has 4 rings (SSSR count). The van der Waals surface area contributed by atoms with E-state index in [0.29, 0.717) is 52.5 Å². The van der Waals surface area contributed by atoms with E-state index in [4.69, 9.17) is 39.5 Å². The Bertz CT molecular complexity index is 1000. The predicted molar refractivity (Wildman–Crippen MR) is 136 cm³/mol. The number of piperidine rings is 2. The van der Waals surface area contributed by atoms with Crippen LogP contribution in [0.5, 0.6) is 5.75 Å². The van der Waals surface area contributed by atoms with Crippen molar-refractivity contribution < 1.29 is 14.3 Å². The summed E-state index contributed by atoms with van der Waals surface area (Å²) in [6.45, 7) is 2.91. The van der Waals surface area contributed by atoms with Crippen molar-refractivity contribution in [2.24, 2.45) is 5.41 Å². The van der Waals surface area contributed by atoms with Crippen molar-refractivity contribution in [3.8, 4) is 5.75 Å². The molecule has 2 heterocycles. The van der Waals surface area contributed by atoms with Gasteiger partial charge in [0.1, 0.15) is 5.75 Å². The van der Waals surface area contributed by atoms with Crippen LogP contribution >= 0.6 is 34.8 Å². The van der Waals surface area contributed by atoms with Gasteiger partial charge in [-0.05, 0) is 68.5 Å². The third kappa shape index (κ3) is 5.99. The minimum atomic E-state index is -0.504. The van der Waals surface area contributed by atoms with Gasteiger partial charge in [0.15, 0.2) is 0 Å². The molecule has 2 saturated heterocycles. The van der Waals surface area contributed by atoms with Crippen molar-refractivity contribution in [2.75, 3.05) is 32.8 Å². The third-order valence-corrected chi connectivity index (χ3v) is 7.60. The summed E-state index contributed by atoms with van der Waals surface area (Å²) in [6.07, 6.45) is 5.13. The number of rotatable bonds is 6. The van der Waals surface area contributed by atoms with E-state index in [-0.39, 0.29) is 11.8 Å². The number of ether oxygens (including phenoxy) is 1. The van der Waals surface area contributed by atoms with Crippen LogP contribution in [0.25, 0.3) is 0 Å². The average molecular weight is 524 g/mol. The Hall–Kier alpha value is -1.95. The minimum Gasteiger partial charge on any atom is -0.493 e. The summed E-state index contributed by atoms with van der Waals surface area (Å²) in [5, 5.41) is 1.29. The summed E-state index contributed by atoms with van der Waals surface area (Å²) in [5.74, 6) is 0.605. The van der Waals surface area contributed by atoms with Crippen LogP contribution < -0.4 is 4.74 Å². The van der Waals surface area contributed by atoms with E-state index in [9.17, 15) is 9.59 Å². The summed E-state index contributed by atoms with van der Waals surface area (Å²) in [4.78, 5) is 30.5. The van der Waals surface area contributed by atoms with Crippen LogP contribution in [0.3, 0.4) is 0 Å². The molecule has 0 bridgehead atoms. The normalized spacial score (nSPS) is 20.8. The first-order valence-electron chi connectivity index (χ1n) is 11.8. The van der Waals surface area contributed by atoms with Crippen LogP contribution in [-0.4, -0.2) is 54.4 Å². The lowest BCUT2D eigenvalue weighted by Gasteiger charge is -2.43. The highest BCUT2D eigenvalue weighted by Gasteiger charge is 2.41. The van der Waals surface area contributed by atoms with Crippen molar-refractivity contribution in [3.05, 3.63) is 63.1 Å². The van der Waals surface area contributed by atoms with E-state index in [2.05, 4.69) is 0 Å². The SMILES string of the molecule is O=C(CC1(COc2ccc(Cl)cc2)CCCN(C(=O)c2c(Cl)cccc2Cl)C1)N1CCCCC1. The molecule has 0 aliphatic carbocycles. The zero-order valence-electron chi connectivity index (χ0n) is 19.1. The molecule has 2 aliphatic rings. The number of benzene rings is 2. The molecule has 1 unspecified atom stereocenters. The van der Waals surface area contributed by atoms with Gasteiger partial charge in [0, 0.05) is 43.0 Å². The Morgan fingerprint density at radius 3 is 2.18 bits per heavy atom. The van der Waals surface area contributed by atoms with Gasteiger partial charge in [-0.25, -0.2) is 0 Å². The lowest BCUT2D eigenvalue weighted by atomic mass is 9.77. The highest BCUT2D eigenvalue weighted by atomic mass is 35.5. The fraction of sp³-hybridized carbons (Fsp3) is 0.462. The maximum absolute atomic E-state index is 13.4. The summed E-state index contributed by atoms with van der Waals surface area (Å²) < 4.78 is 6.15. The lowest BCUT2D eigenvalue weighted by molar-refractivity contribution is -0.136. The van der Waals surface area contributed by atoms with E-state index < -0.39 is 5.41 Å². The molecule has 2 aromatic rings. The average Bonchev–Trinajstić information content (AvgIpc) is 2.84. The van der Waals surface area contributed by atoms with Gasteiger partial charge in [-0.1, -0.05) is 40.9 Å². The van der Waals surface area contributed by atoms with Crippen LogP contribution in [0.15, 0.2) is 42.5 Å². The molecule has 5 nitrogen and oxygen atoms in total. The summed E-state index contributed by atoms with van der Waals surface area (Å²) in [5.41, 5.74) is -0.196. The highest BCUT2D eigenvalue weighted by molar-refractivity contribution is 6.39. The second kappa shape index (κ2) is 11.2. The summed E-state index contributed by atoms with van der Waals surface area (Å²) in [6, 6.07) is 12.2. The first kappa shape index (κ1) is 25.2. The number of likely N-dealkylation sites (tertiary alicyclic amines) is 2. The molecule has 2 amide bonds. The van der Waals surface area contributed by atoms with Gasteiger partial charge in [0.25, 0.3) is 5.91 Å². The highest BCUT2D eigenvalue weighted by Crippen LogP contribution is 2.37. The molecular weight excluding hydrogens is 495 g/mol. The monoisotopic (exact) mass is 522 g/mol. The van der Waals surface area contributed by atoms with Crippen molar-refractivity contribution >= 4 is 46.6 Å². The van der Waals surface area contributed by atoms with E-state index in [1.54, 1.807) is 35.2 Å². The molecule has 0 N–H and O–H groups in total. The Morgan fingerprint density at radius 1 is 0.853 bits per heavy atom. The number of nitrogens with zero attached hydrogens (tertiary/aromatic N) is 2. The van der Waals surface area contributed by atoms with Gasteiger partial charge >= 0.3 is 0 Å². The van der Waals surface area contributed by atoms with E-state index >= 15 is 0 Å². The van der Waals surface area contributed by atoms with Crippen LogP contribution in [0.2, 0.25) is 15.1 Å². The number of halogens is 3. The van der Waals surface area contributed by atoms with Crippen molar-refractivity contribution in [1.82, 2.24) is 9.80 Å². The molecule has 8 heteroatoms. The molecular formula is C26H29Cl3N2O3. The second-order valence-corrected chi connectivity index (χ2v) is 10.5. The minimum absolute atomic E-state index is 0.129. The molecule has 0 radical (unpaired) electrons. The maximum atomic E-state index is 13.4. The maximum Gasteiger partial charge on any atom is 0.256 e. The van der Waals surface area contributed by atoms with Crippen LogP contribution in [0.1, 0.15) is 48.9 Å². The number of carbonyl (C=O) groups is 2. The Kier molecular flexibility index (Phi) is 8.28. The van der Waals surface area contributed by atoms with Crippen LogP contribution in [0.4, 0.5) is 0 Å². The Morgan fingerprint density at radius 2 is 1.50 bits per heavy atom. The molecule has 2 fully saturated rings. The van der Waals surface area contributed by atoms with E-state index in [1.807, 2.05) is 17.0 Å². The smallest absolute Gasteiger partial charge is 0.256 e. The molecule has 2 aliphatic heterocycles. The number of hydrogen-bond donors (Lipinski definition) is 0. The predicted octanol–water partition coefficient (Wildman–Crippen LogP) is 6.35. The molecule has 2 aromatic carbocycles. The molecule has 182 valence electrons. The van der Waals surface area contributed by atoms with Gasteiger partial charge in [-0.3, -0.25) is 9.59 Å². The number of carbonyl (C=O) groups excluding carboxylic acids is 2. The van der Waals surface area contributed by atoms with Crippen molar-refractivity contribution in [2.45, 2.75) is 38.5 Å². The van der Waals surface area contributed by atoms with Crippen LogP contribution in [-0.2, 0) is 4.79 Å². The Labute approximate surface area is 215 Å². The fourth-order valence-corrected chi connectivity index (χ4v) is 5.58. The molecule has 0 spiro atoms. The van der Waals surface area contributed by atoms with Gasteiger partial charge in [0.2, 0.25) is 5.91 Å². The van der Waals surface area contributed by atoms with Crippen molar-refractivity contribution in [3.63, 3.8) is 0 Å². The van der Waals surface area contributed by atoms with Crippen molar-refractivity contribution in [1.29, 1.82) is 0 Å².